The standard InChI is InChI=1S/C21H15F5/c1-2-3-12-4-6-13(7-5-12)14-8-16(22)20(17(23)9-14)15-10-18(24)21(26)19(25)11-15/h4-11H,2-3H2,1H3. The quantitative estimate of drug-likeness (QED) is 0.359. The van der Waals surface area contributed by atoms with Gasteiger partial charge in [0.2, 0.25) is 0 Å². The van der Waals surface area contributed by atoms with E-state index in [0.717, 1.165) is 30.5 Å². The van der Waals surface area contributed by atoms with Gasteiger partial charge in [-0.2, -0.15) is 0 Å². The number of aryl methyl sites for hydroxylation is 1. The number of benzene rings is 3. The van der Waals surface area contributed by atoms with E-state index in [1.165, 1.54) is 0 Å². The Bertz CT molecular complexity index is 899. The molecule has 26 heavy (non-hydrogen) atoms. The van der Waals surface area contributed by atoms with Crippen molar-refractivity contribution in [2.45, 2.75) is 19.8 Å². The first-order chi connectivity index (χ1) is 12.4. The molecule has 0 heterocycles. The lowest BCUT2D eigenvalue weighted by molar-refractivity contribution is 0.447. The van der Waals surface area contributed by atoms with E-state index >= 15 is 0 Å². The van der Waals surface area contributed by atoms with Gasteiger partial charge in [0.15, 0.2) is 17.5 Å². The highest BCUT2D eigenvalue weighted by Crippen LogP contribution is 2.32. The summed E-state index contributed by atoms with van der Waals surface area (Å²) in [6.45, 7) is 2.05. The summed E-state index contributed by atoms with van der Waals surface area (Å²) in [5.41, 5.74) is 1.03. The second-order valence-corrected chi connectivity index (χ2v) is 6.02. The van der Waals surface area contributed by atoms with E-state index in [9.17, 15) is 22.0 Å². The van der Waals surface area contributed by atoms with E-state index in [-0.39, 0.29) is 0 Å². The predicted octanol–water partition coefficient (Wildman–Crippen LogP) is 6.67. The molecule has 0 bridgehead atoms. The zero-order valence-corrected chi connectivity index (χ0v) is 13.9. The van der Waals surface area contributed by atoms with Crippen molar-refractivity contribution in [1.82, 2.24) is 0 Å². The van der Waals surface area contributed by atoms with Crippen LogP contribution in [0.4, 0.5) is 22.0 Å². The summed E-state index contributed by atoms with van der Waals surface area (Å²) in [4.78, 5) is 0. The molecule has 0 saturated carbocycles. The number of halogens is 5. The first-order valence-corrected chi connectivity index (χ1v) is 8.14. The largest absolute Gasteiger partial charge is 0.206 e. The van der Waals surface area contributed by atoms with Gasteiger partial charge in [0, 0.05) is 0 Å². The maximum atomic E-state index is 14.5. The molecule has 0 saturated heterocycles. The maximum absolute atomic E-state index is 14.5. The first kappa shape index (κ1) is 18.1. The Morgan fingerprint density at radius 2 is 1.12 bits per heavy atom. The molecule has 0 radical (unpaired) electrons. The second-order valence-electron chi connectivity index (χ2n) is 6.02. The van der Waals surface area contributed by atoms with Crippen molar-refractivity contribution in [1.29, 1.82) is 0 Å². The van der Waals surface area contributed by atoms with Crippen molar-refractivity contribution in [3.8, 4) is 22.3 Å². The van der Waals surface area contributed by atoms with Gasteiger partial charge in [0.25, 0.3) is 0 Å². The van der Waals surface area contributed by atoms with E-state index in [0.29, 0.717) is 23.3 Å². The maximum Gasteiger partial charge on any atom is 0.194 e. The first-order valence-electron chi connectivity index (χ1n) is 8.14. The average molecular weight is 362 g/mol. The summed E-state index contributed by atoms with van der Waals surface area (Å²) in [7, 11) is 0. The summed E-state index contributed by atoms with van der Waals surface area (Å²) >= 11 is 0. The molecule has 3 aromatic carbocycles. The third kappa shape index (κ3) is 3.47. The van der Waals surface area contributed by atoms with Crippen molar-refractivity contribution < 1.29 is 22.0 Å². The summed E-state index contributed by atoms with van der Waals surface area (Å²) in [5.74, 6) is -6.66. The highest BCUT2D eigenvalue weighted by atomic mass is 19.2. The minimum absolute atomic E-state index is 0.301. The van der Waals surface area contributed by atoms with E-state index in [2.05, 4.69) is 6.92 Å². The molecule has 0 atom stereocenters. The van der Waals surface area contributed by atoms with Gasteiger partial charge in [0.1, 0.15) is 11.6 Å². The topological polar surface area (TPSA) is 0 Å². The molecular formula is C21H15F5. The highest BCUT2D eigenvalue weighted by molar-refractivity contribution is 5.72. The van der Waals surface area contributed by atoms with Gasteiger partial charge >= 0.3 is 0 Å². The second kappa shape index (κ2) is 7.28. The Morgan fingerprint density at radius 3 is 1.62 bits per heavy atom. The highest BCUT2D eigenvalue weighted by Gasteiger charge is 2.18. The molecule has 5 heteroatoms. The third-order valence-electron chi connectivity index (χ3n) is 4.14. The van der Waals surface area contributed by atoms with Crippen molar-refractivity contribution in [2.75, 3.05) is 0 Å². The van der Waals surface area contributed by atoms with Crippen LogP contribution in [0.2, 0.25) is 0 Å². The molecule has 0 fully saturated rings. The van der Waals surface area contributed by atoms with E-state index in [1.54, 1.807) is 12.1 Å². The SMILES string of the molecule is CCCc1ccc(-c2cc(F)c(-c3cc(F)c(F)c(F)c3)c(F)c2)cc1. The van der Waals surface area contributed by atoms with Crippen molar-refractivity contribution in [2.24, 2.45) is 0 Å². The molecule has 0 unspecified atom stereocenters. The molecule has 134 valence electrons. The summed E-state index contributed by atoms with van der Waals surface area (Å²) in [5, 5.41) is 0. The van der Waals surface area contributed by atoms with Crippen LogP contribution in [0.5, 0.6) is 0 Å². The fourth-order valence-electron chi connectivity index (χ4n) is 2.87. The average Bonchev–Trinajstić information content (AvgIpc) is 2.60. The Kier molecular flexibility index (Phi) is 5.07. The van der Waals surface area contributed by atoms with Crippen LogP contribution in [0.3, 0.4) is 0 Å². The Labute approximate surface area is 147 Å². The van der Waals surface area contributed by atoms with Crippen molar-refractivity contribution in [3.05, 3.63) is 83.2 Å². The fourth-order valence-corrected chi connectivity index (χ4v) is 2.87. The molecule has 0 N–H and O–H groups in total. The normalized spacial score (nSPS) is 11.0. The van der Waals surface area contributed by atoms with E-state index in [4.69, 9.17) is 0 Å². The zero-order valence-electron chi connectivity index (χ0n) is 13.9. The molecule has 0 aliphatic heterocycles. The predicted molar refractivity (Wildman–Crippen MR) is 91.1 cm³/mol. The van der Waals surface area contributed by atoms with Gasteiger partial charge in [-0.25, -0.2) is 22.0 Å². The van der Waals surface area contributed by atoms with Crippen LogP contribution in [0.25, 0.3) is 22.3 Å². The molecule has 0 spiro atoms. The van der Waals surface area contributed by atoms with Crippen LogP contribution in [-0.2, 0) is 6.42 Å². The Hall–Kier alpha value is -2.69. The van der Waals surface area contributed by atoms with Crippen molar-refractivity contribution >= 4 is 0 Å². The molecule has 3 aromatic rings. The van der Waals surface area contributed by atoms with Crippen LogP contribution in [0.15, 0.2) is 48.5 Å². The minimum atomic E-state index is -1.68. The smallest absolute Gasteiger partial charge is 0.194 e. The molecule has 3 rings (SSSR count). The van der Waals surface area contributed by atoms with Gasteiger partial charge < -0.3 is 0 Å². The van der Waals surface area contributed by atoms with Gasteiger partial charge in [0.05, 0.1) is 5.56 Å². The number of rotatable bonds is 4. The van der Waals surface area contributed by atoms with Crippen LogP contribution < -0.4 is 0 Å². The summed E-state index contributed by atoms with van der Waals surface area (Å²) in [6, 6.07) is 10.6. The van der Waals surface area contributed by atoms with Crippen LogP contribution >= 0.6 is 0 Å². The van der Waals surface area contributed by atoms with E-state index in [1.807, 2.05) is 12.1 Å². The lowest BCUT2D eigenvalue weighted by Crippen LogP contribution is -1.97. The Balaban J connectivity index is 2.04. The monoisotopic (exact) mass is 362 g/mol. The summed E-state index contributed by atoms with van der Waals surface area (Å²) < 4.78 is 68.7. The summed E-state index contributed by atoms with van der Waals surface area (Å²) in [6.07, 6.45) is 1.89. The molecule has 0 nitrogen and oxygen atoms in total. The van der Waals surface area contributed by atoms with Crippen LogP contribution in [0.1, 0.15) is 18.9 Å². The van der Waals surface area contributed by atoms with Gasteiger partial charge in [-0.3, -0.25) is 0 Å². The molecule has 0 aromatic heterocycles. The molecular weight excluding hydrogens is 347 g/mol. The van der Waals surface area contributed by atoms with Crippen LogP contribution in [-0.4, -0.2) is 0 Å². The lowest BCUT2D eigenvalue weighted by Gasteiger charge is -2.10. The van der Waals surface area contributed by atoms with Gasteiger partial charge in [-0.15, -0.1) is 0 Å². The number of hydrogen-bond acceptors (Lipinski definition) is 0. The number of hydrogen-bond donors (Lipinski definition) is 0. The van der Waals surface area contributed by atoms with Gasteiger partial charge in [-0.05, 0) is 52.9 Å². The van der Waals surface area contributed by atoms with Gasteiger partial charge in [-0.1, -0.05) is 37.6 Å². The van der Waals surface area contributed by atoms with Crippen molar-refractivity contribution in [3.63, 3.8) is 0 Å². The molecule has 0 aliphatic rings. The zero-order chi connectivity index (χ0) is 18.8. The molecule has 0 aliphatic carbocycles. The van der Waals surface area contributed by atoms with Crippen LogP contribution in [0, 0.1) is 29.1 Å². The lowest BCUT2D eigenvalue weighted by atomic mass is 9.97. The third-order valence-corrected chi connectivity index (χ3v) is 4.14. The fraction of sp³-hybridized carbons (Fsp3) is 0.143. The Morgan fingerprint density at radius 1 is 0.615 bits per heavy atom. The van der Waals surface area contributed by atoms with E-state index < -0.39 is 40.2 Å². The minimum Gasteiger partial charge on any atom is -0.206 e. The molecule has 0 amide bonds.